The second-order valence-electron chi connectivity index (χ2n) is 4.26. The normalized spacial score (nSPS) is 10.6. The van der Waals surface area contributed by atoms with Crippen LogP contribution in [0.3, 0.4) is 0 Å². The molecule has 94 valence electrons. The van der Waals surface area contributed by atoms with E-state index in [0.717, 1.165) is 27.8 Å². The summed E-state index contributed by atoms with van der Waals surface area (Å²) in [7, 11) is 1.64. The molecule has 0 bridgehead atoms. The predicted molar refractivity (Wildman–Crippen MR) is 73.7 cm³/mol. The van der Waals surface area contributed by atoms with E-state index in [1.54, 1.807) is 25.4 Å². The quantitative estimate of drug-likeness (QED) is 0.687. The van der Waals surface area contributed by atoms with E-state index >= 15 is 0 Å². The van der Waals surface area contributed by atoms with Crippen LogP contribution in [0.25, 0.3) is 22.0 Å². The van der Waals surface area contributed by atoms with Crippen LogP contribution in [0.4, 0.5) is 4.39 Å². The van der Waals surface area contributed by atoms with E-state index in [1.807, 2.05) is 24.3 Å². The average molecular weight is 253 g/mol. The van der Waals surface area contributed by atoms with Crippen molar-refractivity contribution >= 4 is 10.8 Å². The fraction of sp³-hybridized carbons (Fsp3) is 0.0625. The van der Waals surface area contributed by atoms with E-state index in [1.165, 1.54) is 12.1 Å². The van der Waals surface area contributed by atoms with Gasteiger partial charge in [0, 0.05) is 17.1 Å². The van der Waals surface area contributed by atoms with Crippen molar-refractivity contribution in [2.45, 2.75) is 0 Å². The number of rotatable bonds is 2. The van der Waals surface area contributed by atoms with E-state index < -0.39 is 0 Å². The first kappa shape index (κ1) is 11.7. The minimum absolute atomic E-state index is 0.244. The van der Waals surface area contributed by atoms with Crippen molar-refractivity contribution in [1.29, 1.82) is 0 Å². The number of hydrogen-bond acceptors (Lipinski definition) is 2. The highest BCUT2D eigenvalue weighted by molar-refractivity contribution is 5.90. The van der Waals surface area contributed by atoms with Crippen molar-refractivity contribution < 1.29 is 9.13 Å². The number of pyridine rings is 1. The Kier molecular flexibility index (Phi) is 2.88. The molecule has 0 saturated heterocycles. The van der Waals surface area contributed by atoms with E-state index in [4.69, 9.17) is 4.74 Å². The summed E-state index contributed by atoms with van der Waals surface area (Å²) in [6.45, 7) is 0. The summed E-state index contributed by atoms with van der Waals surface area (Å²) >= 11 is 0. The van der Waals surface area contributed by atoms with Gasteiger partial charge in [0.15, 0.2) is 0 Å². The molecule has 0 spiro atoms. The second kappa shape index (κ2) is 4.69. The molecule has 2 nitrogen and oxygen atoms in total. The third-order valence-corrected chi connectivity index (χ3v) is 3.08. The Bertz CT molecular complexity index is 722. The summed E-state index contributed by atoms with van der Waals surface area (Å²) in [5.74, 6) is 0.557. The highest BCUT2D eigenvalue weighted by Crippen LogP contribution is 2.28. The third kappa shape index (κ3) is 2.15. The summed E-state index contributed by atoms with van der Waals surface area (Å²) in [6.07, 6.45) is 1.78. The molecule has 3 heteroatoms. The first-order valence-corrected chi connectivity index (χ1v) is 5.96. The Morgan fingerprint density at radius 3 is 2.58 bits per heavy atom. The predicted octanol–water partition coefficient (Wildman–Crippen LogP) is 4.05. The minimum atomic E-state index is -0.244. The molecule has 2 aromatic carbocycles. The Morgan fingerprint density at radius 2 is 1.84 bits per heavy atom. The van der Waals surface area contributed by atoms with Gasteiger partial charge in [0.2, 0.25) is 0 Å². The number of hydrogen-bond donors (Lipinski definition) is 0. The van der Waals surface area contributed by atoms with Gasteiger partial charge in [-0.25, -0.2) is 4.39 Å². The Hall–Kier alpha value is -2.42. The number of ether oxygens (including phenoxy) is 1. The van der Waals surface area contributed by atoms with Gasteiger partial charge >= 0.3 is 0 Å². The SMILES string of the molecule is COc1cccc2cc(-c3ccc(F)cc3)ncc12. The lowest BCUT2D eigenvalue weighted by Crippen LogP contribution is -1.88. The summed E-state index contributed by atoms with van der Waals surface area (Å²) in [4.78, 5) is 4.41. The molecular weight excluding hydrogens is 241 g/mol. The maximum Gasteiger partial charge on any atom is 0.128 e. The minimum Gasteiger partial charge on any atom is -0.496 e. The van der Waals surface area contributed by atoms with Crippen LogP contribution in [0.5, 0.6) is 5.75 Å². The molecule has 0 saturated carbocycles. The highest BCUT2D eigenvalue weighted by atomic mass is 19.1. The number of aromatic nitrogens is 1. The topological polar surface area (TPSA) is 22.1 Å². The fourth-order valence-electron chi connectivity index (χ4n) is 2.10. The van der Waals surface area contributed by atoms with Crippen molar-refractivity contribution in [2.75, 3.05) is 7.11 Å². The smallest absolute Gasteiger partial charge is 0.128 e. The van der Waals surface area contributed by atoms with Crippen LogP contribution < -0.4 is 4.74 Å². The zero-order chi connectivity index (χ0) is 13.2. The van der Waals surface area contributed by atoms with Gasteiger partial charge in [-0.1, -0.05) is 12.1 Å². The van der Waals surface area contributed by atoms with Gasteiger partial charge in [0.05, 0.1) is 12.8 Å². The molecule has 0 fully saturated rings. The van der Waals surface area contributed by atoms with Crippen LogP contribution in [-0.4, -0.2) is 12.1 Å². The van der Waals surface area contributed by atoms with Crippen LogP contribution in [0.15, 0.2) is 54.7 Å². The molecule has 0 aliphatic carbocycles. The van der Waals surface area contributed by atoms with Crippen molar-refractivity contribution in [3.05, 3.63) is 60.5 Å². The zero-order valence-corrected chi connectivity index (χ0v) is 10.4. The number of benzene rings is 2. The van der Waals surface area contributed by atoms with Crippen molar-refractivity contribution in [3.8, 4) is 17.0 Å². The van der Waals surface area contributed by atoms with E-state index in [9.17, 15) is 4.39 Å². The van der Waals surface area contributed by atoms with Crippen molar-refractivity contribution in [2.24, 2.45) is 0 Å². The largest absolute Gasteiger partial charge is 0.496 e. The monoisotopic (exact) mass is 253 g/mol. The average Bonchev–Trinajstić information content (AvgIpc) is 2.47. The fourth-order valence-corrected chi connectivity index (χ4v) is 2.10. The number of fused-ring (bicyclic) bond motifs is 1. The first-order valence-electron chi connectivity index (χ1n) is 5.96. The third-order valence-electron chi connectivity index (χ3n) is 3.08. The molecule has 0 atom stereocenters. The molecular formula is C16H12FNO. The zero-order valence-electron chi connectivity index (χ0n) is 10.4. The number of halogens is 1. The summed E-state index contributed by atoms with van der Waals surface area (Å²) in [6, 6.07) is 14.2. The van der Waals surface area contributed by atoms with Gasteiger partial charge < -0.3 is 4.74 Å². The van der Waals surface area contributed by atoms with Crippen LogP contribution >= 0.6 is 0 Å². The number of methoxy groups -OCH3 is 1. The van der Waals surface area contributed by atoms with Gasteiger partial charge in [0.1, 0.15) is 11.6 Å². The van der Waals surface area contributed by atoms with Crippen LogP contribution in [0.1, 0.15) is 0 Å². The van der Waals surface area contributed by atoms with Gasteiger partial charge in [-0.2, -0.15) is 0 Å². The molecule has 0 aliphatic rings. The molecule has 0 aliphatic heterocycles. The van der Waals surface area contributed by atoms with Crippen LogP contribution in [0, 0.1) is 5.82 Å². The molecule has 3 aromatic rings. The summed E-state index contributed by atoms with van der Waals surface area (Å²) < 4.78 is 18.2. The summed E-state index contributed by atoms with van der Waals surface area (Å²) in [5.41, 5.74) is 1.71. The number of nitrogens with zero attached hydrogens (tertiary/aromatic N) is 1. The second-order valence-corrected chi connectivity index (χ2v) is 4.26. The Balaban J connectivity index is 2.14. The van der Waals surface area contributed by atoms with Crippen LogP contribution in [-0.2, 0) is 0 Å². The Morgan fingerprint density at radius 1 is 1.05 bits per heavy atom. The standard InChI is InChI=1S/C16H12FNO/c1-19-16-4-2-3-12-9-15(18-10-14(12)16)11-5-7-13(17)8-6-11/h2-10H,1H3. The maximum atomic E-state index is 12.9. The molecule has 0 N–H and O–H groups in total. The maximum absolute atomic E-state index is 12.9. The molecule has 0 radical (unpaired) electrons. The molecule has 0 amide bonds. The van der Waals surface area contributed by atoms with Gasteiger partial charge in [-0.15, -0.1) is 0 Å². The van der Waals surface area contributed by atoms with Crippen molar-refractivity contribution in [3.63, 3.8) is 0 Å². The van der Waals surface area contributed by atoms with Crippen LogP contribution in [0.2, 0.25) is 0 Å². The van der Waals surface area contributed by atoms with E-state index in [0.29, 0.717) is 0 Å². The Labute approximate surface area is 110 Å². The van der Waals surface area contributed by atoms with Gasteiger partial charge in [0.25, 0.3) is 0 Å². The van der Waals surface area contributed by atoms with Gasteiger partial charge in [-0.3, -0.25) is 4.98 Å². The molecule has 19 heavy (non-hydrogen) atoms. The lowest BCUT2D eigenvalue weighted by Gasteiger charge is -2.07. The van der Waals surface area contributed by atoms with E-state index in [-0.39, 0.29) is 5.82 Å². The van der Waals surface area contributed by atoms with Crippen molar-refractivity contribution in [1.82, 2.24) is 4.98 Å². The highest BCUT2D eigenvalue weighted by Gasteiger charge is 2.05. The van der Waals surface area contributed by atoms with E-state index in [2.05, 4.69) is 4.98 Å². The molecule has 0 unspecified atom stereocenters. The molecule has 1 heterocycles. The van der Waals surface area contributed by atoms with Gasteiger partial charge in [-0.05, 0) is 41.8 Å². The lowest BCUT2D eigenvalue weighted by molar-refractivity contribution is 0.419. The first-order chi connectivity index (χ1) is 9.28. The molecule has 1 aromatic heterocycles. The molecule has 3 rings (SSSR count). The summed E-state index contributed by atoms with van der Waals surface area (Å²) in [5, 5.41) is 2.02. The lowest BCUT2D eigenvalue weighted by atomic mass is 10.1.